The molecule has 0 unspecified atom stereocenters. The highest BCUT2D eigenvalue weighted by Crippen LogP contribution is 2.38. The molecule has 0 aliphatic rings. The van der Waals surface area contributed by atoms with Crippen LogP contribution in [0, 0.1) is 0 Å². The fourth-order valence-electron chi connectivity index (χ4n) is 3.71. The van der Waals surface area contributed by atoms with Gasteiger partial charge >= 0.3 is 0 Å². The molecule has 2 heterocycles. The van der Waals surface area contributed by atoms with Gasteiger partial charge in [-0.15, -0.1) is 0 Å². The van der Waals surface area contributed by atoms with E-state index in [-0.39, 0.29) is 0 Å². The average Bonchev–Trinajstić information content (AvgIpc) is 3.06. The highest BCUT2D eigenvalue weighted by molar-refractivity contribution is 9.10. The Hall–Kier alpha value is -2.85. The van der Waals surface area contributed by atoms with Crippen LogP contribution in [0.5, 0.6) is 0 Å². The van der Waals surface area contributed by atoms with E-state index >= 15 is 0 Å². The Morgan fingerprint density at radius 1 is 0.889 bits per heavy atom. The standard InChI is InChI=1S/C23H18BrN3/c1-27(2)16-10-7-14(8-11-16)22-23-21(17-5-3-4-6-19(17)25-22)18-13-15(24)9-12-20(18)26-23/h3-13,26H,1-2H3. The quantitative estimate of drug-likeness (QED) is 0.363. The highest BCUT2D eigenvalue weighted by atomic mass is 79.9. The minimum Gasteiger partial charge on any atom is -0.378 e. The predicted molar refractivity (Wildman–Crippen MR) is 119 cm³/mol. The third-order valence-electron chi connectivity index (χ3n) is 5.06. The van der Waals surface area contributed by atoms with Crippen molar-refractivity contribution in [3.05, 3.63) is 71.2 Å². The second-order valence-electron chi connectivity index (χ2n) is 6.98. The van der Waals surface area contributed by atoms with Crippen LogP contribution in [-0.4, -0.2) is 24.1 Å². The Morgan fingerprint density at radius 2 is 1.67 bits per heavy atom. The summed E-state index contributed by atoms with van der Waals surface area (Å²) in [6.45, 7) is 0. The van der Waals surface area contributed by atoms with Crippen molar-refractivity contribution in [2.45, 2.75) is 0 Å². The second kappa shape index (κ2) is 6.10. The van der Waals surface area contributed by atoms with Gasteiger partial charge in [-0.25, -0.2) is 4.98 Å². The molecular weight excluding hydrogens is 398 g/mol. The van der Waals surface area contributed by atoms with Crippen LogP contribution in [0.3, 0.4) is 0 Å². The number of hydrogen-bond donors (Lipinski definition) is 1. The highest BCUT2D eigenvalue weighted by Gasteiger charge is 2.15. The van der Waals surface area contributed by atoms with Crippen molar-refractivity contribution < 1.29 is 0 Å². The SMILES string of the molecule is CN(C)c1ccc(-c2nc3ccccc3c3c2[nH]c2ccc(Br)cc23)cc1. The normalized spacial score (nSPS) is 11.5. The average molecular weight is 416 g/mol. The van der Waals surface area contributed by atoms with Gasteiger partial charge in [-0.3, -0.25) is 0 Å². The lowest BCUT2D eigenvalue weighted by atomic mass is 10.0. The first-order chi connectivity index (χ1) is 13.1. The monoisotopic (exact) mass is 415 g/mol. The number of benzene rings is 3. The number of pyridine rings is 1. The number of fused-ring (bicyclic) bond motifs is 5. The zero-order valence-electron chi connectivity index (χ0n) is 15.1. The van der Waals surface area contributed by atoms with Gasteiger partial charge in [0.15, 0.2) is 0 Å². The Bertz CT molecular complexity index is 1300. The molecule has 2 aromatic heterocycles. The second-order valence-corrected chi connectivity index (χ2v) is 7.90. The maximum Gasteiger partial charge on any atom is 0.0950 e. The van der Waals surface area contributed by atoms with Crippen LogP contribution in [0.2, 0.25) is 0 Å². The maximum absolute atomic E-state index is 5.01. The van der Waals surface area contributed by atoms with Gasteiger partial charge in [-0.05, 0) is 36.4 Å². The third kappa shape index (κ3) is 2.60. The Labute approximate surface area is 165 Å². The molecule has 4 heteroatoms. The van der Waals surface area contributed by atoms with Crippen molar-refractivity contribution in [1.29, 1.82) is 0 Å². The summed E-state index contributed by atoms with van der Waals surface area (Å²) in [6.07, 6.45) is 0. The van der Waals surface area contributed by atoms with Crippen molar-refractivity contribution in [2.75, 3.05) is 19.0 Å². The first kappa shape index (κ1) is 16.3. The summed E-state index contributed by atoms with van der Waals surface area (Å²) in [7, 11) is 4.11. The van der Waals surface area contributed by atoms with Crippen LogP contribution >= 0.6 is 15.9 Å². The van der Waals surface area contributed by atoms with Crippen LogP contribution in [-0.2, 0) is 0 Å². The number of para-hydroxylation sites is 1. The summed E-state index contributed by atoms with van der Waals surface area (Å²) >= 11 is 3.62. The van der Waals surface area contributed by atoms with Crippen molar-refractivity contribution in [3.8, 4) is 11.3 Å². The number of nitrogens with zero attached hydrogens (tertiary/aromatic N) is 2. The van der Waals surface area contributed by atoms with E-state index in [0.29, 0.717) is 0 Å². The zero-order valence-corrected chi connectivity index (χ0v) is 16.7. The minimum absolute atomic E-state index is 0.987. The molecule has 1 N–H and O–H groups in total. The lowest BCUT2D eigenvalue weighted by Gasteiger charge is -2.13. The number of nitrogens with one attached hydrogen (secondary N) is 1. The van der Waals surface area contributed by atoms with Gasteiger partial charge in [0.1, 0.15) is 0 Å². The number of anilines is 1. The molecule has 0 saturated heterocycles. The van der Waals surface area contributed by atoms with Crippen molar-refractivity contribution in [3.63, 3.8) is 0 Å². The smallest absolute Gasteiger partial charge is 0.0950 e. The van der Waals surface area contributed by atoms with E-state index in [0.717, 1.165) is 32.3 Å². The molecule has 27 heavy (non-hydrogen) atoms. The summed E-state index contributed by atoms with van der Waals surface area (Å²) in [5, 5.41) is 3.61. The molecule has 0 radical (unpaired) electrons. The molecule has 0 bridgehead atoms. The Morgan fingerprint density at radius 3 is 2.44 bits per heavy atom. The molecule has 0 aliphatic heterocycles. The van der Waals surface area contributed by atoms with Gasteiger partial charge in [-0.1, -0.05) is 46.3 Å². The van der Waals surface area contributed by atoms with Gasteiger partial charge < -0.3 is 9.88 Å². The summed E-state index contributed by atoms with van der Waals surface area (Å²) in [5.74, 6) is 0. The van der Waals surface area contributed by atoms with Gasteiger partial charge in [0.05, 0.1) is 16.7 Å². The van der Waals surface area contributed by atoms with Crippen molar-refractivity contribution in [1.82, 2.24) is 9.97 Å². The molecule has 3 nitrogen and oxygen atoms in total. The number of aromatic amines is 1. The number of hydrogen-bond acceptors (Lipinski definition) is 2. The molecule has 0 saturated carbocycles. The first-order valence-electron chi connectivity index (χ1n) is 8.89. The summed E-state index contributed by atoms with van der Waals surface area (Å²) in [5.41, 5.74) is 6.49. The van der Waals surface area contributed by atoms with Gasteiger partial charge in [0, 0.05) is 51.5 Å². The minimum atomic E-state index is 0.987. The molecule has 0 aliphatic carbocycles. The molecule has 3 aromatic carbocycles. The fraction of sp³-hybridized carbons (Fsp3) is 0.0870. The third-order valence-corrected chi connectivity index (χ3v) is 5.55. The Kier molecular flexibility index (Phi) is 3.69. The number of rotatable bonds is 2. The Balaban J connectivity index is 1.90. The molecule has 5 rings (SSSR count). The van der Waals surface area contributed by atoms with E-state index < -0.39 is 0 Å². The molecule has 0 fully saturated rings. The van der Waals surface area contributed by atoms with Crippen molar-refractivity contribution >= 4 is 54.3 Å². The first-order valence-corrected chi connectivity index (χ1v) is 9.68. The lowest BCUT2D eigenvalue weighted by Crippen LogP contribution is -2.07. The van der Waals surface area contributed by atoms with Gasteiger partial charge in [0.2, 0.25) is 0 Å². The summed E-state index contributed by atoms with van der Waals surface area (Å²) in [4.78, 5) is 10.7. The molecule has 0 spiro atoms. The number of H-pyrrole nitrogens is 1. The molecule has 132 valence electrons. The molecule has 0 amide bonds. The molecular formula is C23H18BrN3. The van der Waals surface area contributed by atoms with Crippen molar-refractivity contribution in [2.24, 2.45) is 0 Å². The fourth-order valence-corrected chi connectivity index (χ4v) is 4.07. The van der Waals surface area contributed by atoms with E-state index in [1.807, 2.05) is 6.07 Å². The zero-order chi connectivity index (χ0) is 18.5. The van der Waals surface area contributed by atoms with Crippen LogP contribution in [0.25, 0.3) is 44.0 Å². The van der Waals surface area contributed by atoms with E-state index in [4.69, 9.17) is 4.98 Å². The van der Waals surface area contributed by atoms with Crippen LogP contribution < -0.4 is 4.90 Å². The van der Waals surface area contributed by atoms with E-state index in [1.165, 1.54) is 21.8 Å². The maximum atomic E-state index is 5.01. The van der Waals surface area contributed by atoms with E-state index in [1.54, 1.807) is 0 Å². The summed E-state index contributed by atoms with van der Waals surface area (Å²) in [6, 6.07) is 23.3. The molecule has 0 atom stereocenters. The van der Waals surface area contributed by atoms with Crippen LogP contribution in [0.15, 0.2) is 71.2 Å². The number of aromatic nitrogens is 2. The van der Waals surface area contributed by atoms with Gasteiger partial charge in [0.25, 0.3) is 0 Å². The van der Waals surface area contributed by atoms with Crippen LogP contribution in [0.1, 0.15) is 0 Å². The predicted octanol–water partition coefficient (Wildman–Crippen LogP) is 6.36. The van der Waals surface area contributed by atoms with E-state index in [9.17, 15) is 0 Å². The van der Waals surface area contributed by atoms with Crippen LogP contribution in [0.4, 0.5) is 5.69 Å². The molecule has 5 aromatic rings. The van der Waals surface area contributed by atoms with Gasteiger partial charge in [-0.2, -0.15) is 0 Å². The van der Waals surface area contributed by atoms with E-state index in [2.05, 4.69) is 101 Å². The number of halogens is 1. The summed E-state index contributed by atoms with van der Waals surface area (Å²) < 4.78 is 1.08. The topological polar surface area (TPSA) is 31.9 Å². The lowest BCUT2D eigenvalue weighted by molar-refractivity contribution is 1.13. The largest absolute Gasteiger partial charge is 0.378 e.